The van der Waals surface area contributed by atoms with Gasteiger partial charge in [-0.1, -0.05) is 48.0 Å². The van der Waals surface area contributed by atoms with Crippen LogP contribution in [0.5, 0.6) is 11.5 Å². The summed E-state index contributed by atoms with van der Waals surface area (Å²) in [6.07, 6.45) is 1.11. The number of allylic oxidation sites excluding steroid dienone is 1. The number of anilines is 2. The van der Waals surface area contributed by atoms with Crippen LogP contribution in [0, 0.1) is 0 Å². The van der Waals surface area contributed by atoms with E-state index in [1.54, 1.807) is 14.2 Å². The van der Waals surface area contributed by atoms with Crippen LogP contribution in [0.2, 0.25) is 5.02 Å². The van der Waals surface area contributed by atoms with Crippen molar-refractivity contribution in [1.29, 1.82) is 0 Å². The highest BCUT2D eigenvalue weighted by molar-refractivity contribution is 6.31. The summed E-state index contributed by atoms with van der Waals surface area (Å²) in [4.78, 5) is 13.7. The number of hydrogen-bond acceptors (Lipinski definition) is 5. The molecule has 6 heteroatoms. The molecule has 2 atom stereocenters. The number of benzene rings is 3. The maximum absolute atomic E-state index is 13.7. The molecule has 1 heterocycles. The first-order valence-electron chi connectivity index (χ1n) is 10.9. The van der Waals surface area contributed by atoms with Crippen LogP contribution in [-0.2, 0) is 4.79 Å². The van der Waals surface area contributed by atoms with Gasteiger partial charge in [0.05, 0.1) is 31.6 Å². The molecule has 2 unspecified atom stereocenters. The van der Waals surface area contributed by atoms with Gasteiger partial charge < -0.3 is 20.1 Å². The van der Waals surface area contributed by atoms with Crippen molar-refractivity contribution < 1.29 is 14.3 Å². The summed E-state index contributed by atoms with van der Waals surface area (Å²) in [5.74, 6) is 1.47. The van der Waals surface area contributed by atoms with E-state index in [1.807, 2.05) is 66.7 Å². The van der Waals surface area contributed by atoms with Crippen molar-refractivity contribution in [2.45, 2.75) is 24.8 Å². The van der Waals surface area contributed by atoms with E-state index < -0.39 is 0 Å². The minimum absolute atomic E-state index is 0.0284. The summed E-state index contributed by atoms with van der Waals surface area (Å²) < 4.78 is 10.9. The SMILES string of the molecule is COc1ccc(C2CC(=O)C3=C(C2)Nc2ccccc2NC3c2ccccc2Cl)cc1OC. The molecule has 0 amide bonds. The quantitative estimate of drug-likeness (QED) is 0.476. The number of carbonyl (C=O) groups excluding carboxylic acids is 1. The number of Topliss-reactive ketones (excluding diaryl/α,β-unsaturated/α-hetero) is 1. The summed E-state index contributed by atoms with van der Waals surface area (Å²) in [7, 11) is 3.24. The molecule has 0 fully saturated rings. The van der Waals surface area contributed by atoms with Gasteiger partial charge in [-0.25, -0.2) is 0 Å². The Kier molecular flexibility index (Phi) is 5.73. The number of methoxy groups -OCH3 is 2. The summed E-state index contributed by atoms with van der Waals surface area (Å²) in [6, 6.07) is 21.2. The maximum Gasteiger partial charge on any atom is 0.163 e. The molecule has 2 aliphatic rings. The zero-order chi connectivity index (χ0) is 22.9. The van der Waals surface area contributed by atoms with Gasteiger partial charge in [0.1, 0.15) is 0 Å². The Labute approximate surface area is 198 Å². The highest BCUT2D eigenvalue weighted by Crippen LogP contribution is 2.46. The van der Waals surface area contributed by atoms with Crippen LogP contribution in [0.4, 0.5) is 11.4 Å². The number of carbonyl (C=O) groups is 1. The van der Waals surface area contributed by atoms with Gasteiger partial charge in [0.2, 0.25) is 0 Å². The number of ether oxygens (including phenoxy) is 2. The summed E-state index contributed by atoms with van der Waals surface area (Å²) >= 11 is 6.58. The lowest BCUT2D eigenvalue weighted by Gasteiger charge is -2.30. The van der Waals surface area contributed by atoms with E-state index in [4.69, 9.17) is 21.1 Å². The molecule has 5 rings (SSSR count). The van der Waals surface area contributed by atoms with Crippen molar-refractivity contribution in [3.63, 3.8) is 0 Å². The smallest absolute Gasteiger partial charge is 0.163 e. The third-order valence-electron chi connectivity index (χ3n) is 6.40. The first-order valence-corrected chi connectivity index (χ1v) is 11.3. The lowest BCUT2D eigenvalue weighted by molar-refractivity contribution is -0.116. The van der Waals surface area contributed by atoms with Crippen molar-refractivity contribution in [2.24, 2.45) is 0 Å². The van der Waals surface area contributed by atoms with Gasteiger partial charge in [0, 0.05) is 22.7 Å². The van der Waals surface area contributed by atoms with Crippen molar-refractivity contribution in [3.8, 4) is 11.5 Å². The number of halogens is 1. The minimum atomic E-state index is -0.330. The molecule has 0 saturated heterocycles. The Morgan fingerprint density at radius 1 is 0.879 bits per heavy atom. The van der Waals surface area contributed by atoms with E-state index in [0.29, 0.717) is 29.4 Å². The Balaban J connectivity index is 1.59. The molecule has 168 valence electrons. The third-order valence-corrected chi connectivity index (χ3v) is 6.75. The predicted octanol–water partition coefficient (Wildman–Crippen LogP) is 6.34. The topological polar surface area (TPSA) is 59.6 Å². The molecular weight excluding hydrogens is 436 g/mol. The molecule has 5 nitrogen and oxygen atoms in total. The highest BCUT2D eigenvalue weighted by Gasteiger charge is 2.36. The van der Waals surface area contributed by atoms with Crippen LogP contribution >= 0.6 is 11.6 Å². The van der Waals surface area contributed by atoms with Gasteiger partial charge in [0.15, 0.2) is 17.3 Å². The molecule has 33 heavy (non-hydrogen) atoms. The largest absolute Gasteiger partial charge is 0.493 e. The highest BCUT2D eigenvalue weighted by atomic mass is 35.5. The zero-order valence-electron chi connectivity index (χ0n) is 18.5. The van der Waals surface area contributed by atoms with Crippen molar-refractivity contribution in [2.75, 3.05) is 24.9 Å². The molecule has 3 aromatic rings. The summed E-state index contributed by atoms with van der Waals surface area (Å²) in [5.41, 5.74) is 5.49. The number of hydrogen-bond donors (Lipinski definition) is 2. The normalized spacial score (nSPS) is 19.5. The number of ketones is 1. The van der Waals surface area contributed by atoms with E-state index in [2.05, 4.69) is 10.6 Å². The molecule has 2 N–H and O–H groups in total. The number of nitrogens with one attached hydrogen (secondary N) is 2. The van der Waals surface area contributed by atoms with Gasteiger partial charge in [-0.05, 0) is 53.8 Å². The Morgan fingerprint density at radius 2 is 1.61 bits per heavy atom. The maximum atomic E-state index is 13.7. The second-order valence-electron chi connectivity index (χ2n) is 8.30. The molecule has 0 saturated carbocycles. The minimum Gasteiger partial charge on any atom is -0.493 e. The molecule has 1 aliphatic heterocycles. The van der Waals surface area contributed by atoms with Crippen molar-refractivity contribution >= 4 is 28.8 Å². The van der Waals surface area contributed by atoms with Gasteiger partial charge in [-0.15, -0.1) is 0 Å². The lowest BCUT2D eigenvalue weighted by atomic mass is 9.78. The fraction of sp³-hybridized carbons (Fsp3) is 0.222. The fourth-order valence-corrected chi connectivity index (χ4v) is 5.02. The number of rotatable bonds is 4. The van der Waals surface area contributed by atoms with Gasteiger partial charge in [-0.3, -0.25) is 4.79 Å². The predicted molar refractivity (Wildman–Crippen MR) is 131 cm³/mol. The van der Waals surface area contributed by atoms with Crippen LogP contribution in [0.25, 0.3) is 0 Å². The number of para-hydroxylation sites is 2. The second kappa shape index (κ2) is 8.83. The van der Waals surface area contributed by atoms with Crippen molar-refractivity contribution in [1.82, 2.24) is 0 Å². The zero-order valence-corrected chi connectivity index (χ0v) is 19.3. The third kappa shape index (κ3) is 3.93. The average molecular weight is 461 g/mol. The first-order chi connectivity index (χ1) is 16.1. The summed E-state index contributed by atoms with van der Waals surface area (Å²) in [5, 5.41) is 7.77. The molecule has 0 aromatic heterocycles. The van der Waals surface area contributed by atoms with E-state index in [0.717, 1.165) is 33.8 Å². The lowest BCUT2D eigenvalue weighted by Crippen LogP contribution is -2.27. The summed E-state index contributed by atoms with van der Waals surface area (Å²) in [6.45, 7) is 0. The van der Waals surface area contributed by atoms with Crippen LogP contribution in [0.15, 0.2) is 78.0 Å². The van der Waals surface area contributed by atoms with Crippen LogP contribution < -0.4 is 20.1 Å². The van der Waals surface area contributed by atoms with E-state index >= 15 is 0 Å². The molecule has 1 aliphatic carbocycles. The number of fused-ring (bicyclic) bond motifs is 1. The van der Waals surface area contributed by atoms with Gasteiger partial charge in [0.25, 0.3) is 0 Å². The monoisotopic (exact) mass is 460 g/mol. The molecule has 0 spiro atoms. The van der Waals surface area contributed by atoms with Crippen LogP contribution in [-0.4, -0.2) is 20.0 Å². The van der Waals surface area contributed by atoms with Crippen LogP contribution in [0.1, 0.15) is 35.9 Å². The Hall–Kier alpha value is -3.44. The van der Waals surface area contributed by atoms with E-state index in [-0.39, 0.29) is 17.7 Å². The standard InChI is InChI=1S/C27H25ClN2O3/c1-32-24-12-11-16(15-25(24)33-2)17-13-22-26(23(31)14-17)27(18-7-3-4-8-19(18)28)30-21-10-6-5-9-20(21)29-22/h3-12,15,17,27,29-30H,13-14H2,1-2H3. The second-order valence-corrected chi connectivity index (χ2v) is 8.71. The van der Waals surface area contributed by atoms with Gasteiger partial charge >= 0.3 is 0 Å². The Morgan fingerprint density at radius 3 is 2.36 bits per heavy atom. The molecular formula is C27H25ClN2O3. The molecule has 0 bridgehead atoms. The van der Waals surface area contributed by atoms with Crippen LogP contribution in [0.3, 0.4) is 0 Å². The molecule has 3 aromatic carbocycles. The average Bonchev–Trinajstić information content (AvgIpc) is 3.00. The van der Waals surface area contributed by atoms with Gasteiger partial charge in [-0.2, -0.15) is 0 Å². The van der Waals surface area contributed by atoms with Crippen molar-refractivity contribution in [3.05, 3.63) is 94.1 Å². The van der Waals surface area contributed by atoms with E-state index in [9.17, 15) is 4.79 Å². The first kappa shape index (κ1) is 21.4. The Bertz CT molecular complexity index is 1250. The fourth-order valence-electron chi connectivity index (χ4n) is 4.78. The van der Waals surface area contributed by atoms with E-state index in [1.165, 1.54) is 0 Å². The molecule has 0 radical (unpaired) electrons.